The van der Waals surface area contributed by atoms with Crippen LogP contribution in [-0.4, -0.2) is 40.1 Å². The number of hydrogen-bond donors (Lipinski definition) is 4. The number of carboxylic acids is 2. The minimum atomic E-state index is -1.01. The van der Waals surface area contributed by atoms with Crippen LogP contribution in [0.25, 0.3) is 0 Å². The highest BCUT2D eigenvalue weighted by atomic mass is 16.4. The molecule has 0 aromatic heterocycles. The fraction of sp³-hybridized carbons (Fsp3) is 0.769. The van der Waals surface area contributed by atoms with Crippen LogP contribution in [0, 0.1) is 5.92 Å². The van der Waals surface area contributed by atoms with Gasteiger partial charge in [0, 0.05) is 6.92 Å². The van der Waals surface area contributed by atoms with Gasteiger partial charge in [0.2, 0.25) is 5.91 Å². The van der Waals surface area contributed by atoms with Crippen LogP contribution in [0.3, 0.4) is 0 Å². The zero-order valence-electron chi connectivity index (χ0n) is 12.5. The monoisotopic (exact) mass is 290 g/mol. The van der Waals surface area contributed by atoms with E-state index in [4.69, 9.17) is 20.7 Å². The summed E-state index contributed by atoms with van der Waals surface area (Å²) < 4.78 is 0. The quantitative estimate of drug-likeness (QED) is 0.549. The maximum absolute atomic E-state index is 11.5. The van der Waals surface area contributed by atoms with Crippen molar-refractivity contribution in [3.05, 3.63) is 0 Å². The second kappa shape index (κ2) is 11.2. The number of aliphatic carboxylic acids is 2. The van der Waals surface area contributed by atoms with Gasteiger partial charge in [-0.15, -0.1) is 0 Å². The summed E-state index contributed by atoms with van der Waals surface area (Å²) >= 11 is 0. The Morgan fingerprint density at radius 1 is 1.20 bits per heavy atom. The van der Waals surface area contributed by atoms with Gasteiger partial charge in [-0.1, -0.05) is 27.2 Å². The van der Waals surface area contributed by atoms with Gasteiger partial charge in [-0.2, -0.15) is 0 Å². The first-order valence-corrected chi connectivity index (χ1v) is 6.60. The standard InChI is InChI=1S/C11H22N2O3.C2H4O2/c1-4-5-8(12)10(14)13-9(11(15)16)6-7(2)3;1-2(3)4/h7-9H,4-6,12H2,1-3H3,(H,13,14)(H,15,16);1H3,(H,3,4). The van der Waals surface area contributed by atoms with E-state index in [9.17, 15) is 9.59 Å². The second-order valence-electron chi connectivity index (χ2n) is 4.94. The molecule has 0 saturated heterocycles. The van der Waals surface area contributed by atoms with Crippen LogP contribution in [0.5, 0.6) is 0 Å². The summed E-state index contributed by atoms with van der Waals surface area (Å²) in [6.07, 6.45) is 1.79. The molecular weight excluding hydrogens is 264 g/mol. The van der Waals surface area contributed by atoms with Gasteiger partial charge < -0.3 is 21.3 Å². The normalized spacial score (nSPS) is 12.9. The molecule has 5 N–H and O–H groups in total. The molecule has 7 heteroatoms. The van der Waals surface area contributed by atoms with Crippen LogP contribution >= 0.6 is 0 Å². The van der Waals surface area contributed by atoms with E-state index < -0.39 is 24.0 Å². The minimum Gasteiger partial charge on any atom is -0.481 e. The van der Waals surface area contributed by atoms with E-state index >= 15 is 0 Å². The maximum atomic E-state index is 11.5. The van der Waals surface area contributed by atoms with Gasteiger partial charge in [0.25, 0.3) is 5.97 Å². The molecule has 0 aliphatic heterocycles. The third kappa shape index (κ3) is 12.8. The number of nitrogens with one attached hydrogen (secondary N) is 1. The van der Waals surface area contributed by atoms with Crippen molar-refractivity contribution in [3.8, 4) is 0 Å². The number of nitrogens with two attached hydrogens (primary N) is 1. The first-order valence-electron chi connectivity index (χ1n) is 6.60. The molecule has 0 heterocycles. The molecule has 20 heavy (non-hydrogen) atoms. The van der Waals surface area contributed by atoms with E-state index in [2.05, 4.69) is 5.32 Å². The van der Waals surface area contributed by atoms with Gasteiger partial charge in [0.05, 0.1) is 6.04 Å². The fourth-order valence-corrected chi connectivity index (χ4v) is 1.41. The Morgan fingerprint density at radius 2 is 1.65 bits per heavy atom. The summed E-state index contributed by atoms with van der Waals surface area (Å²) in [4.78, 5) is 31.4. The van der Waals surface area contributed by atoms with E-state index in [1.807, 2.05) is 20.8 Å². The summed E-state index contributed by atoms with van der Waals surface area (Å²) in [5, 5.41) is 18.8. The van der Waals surface area contributed by atoms with Crippen LogP contribution in [0.1, 0.15) is 47.0 Å². The van der Waals surface area contributed by atoms with Crippen LogP contribution in [-0.2, 0) is 14.4 Å². The number of carboxylic acid groups (broad SMARTS) is 2. The molecule has 0 radical (unpaired) electrons. The average Bonchev–Trinajstić information content (AvgIpc) is 2.26. The maximum Gasteiger partial charge on any atom is 0.326 e. The summed E-state index contributed by atoms with van der Waals surface area (Å²) in [5.74, 6) is -2.01. The summed E-state index contributed by atoms with van der Waals surface area (Å²) in [7, 11) is 0. The lowest BCUT2D eigenvalue weighted by Gasteiger charge is -2.18. The Kier molecular flexibility index (Phi) is 11.6. The number of hydrogen-bond acceptors (Lipinski definition) is 4. The third-order valence-corrected chi connectivity index (χ3v) is 2.26. The van der Waals surface area contributed by atoms with Crippen molar-refractivity contribution < 1.29 is 24.6 Å². The molecule has 118 valence electrons. The topological polar surface area (TPSA) is 130 Å². The van der Waals surface area contributed by atoms with Gasteiger partial charge in [0.1, 0.15) is 6.04 Å². The van der Waals surface area contributed by atoms with E-state index in [1.165, 1.54) is 0 Å². The second-order valence-corrected chi connectivity index (χ2v) is 4.94. The molecule has 0 bridgehead atoms. The lowest BCUT2D eigenvalue weighted by molar-refractivity contribution is -0.142. The first-order chi connectivity index (χ1) is 9.11. The highest BCUT2D eigenvalue weighted by Gasteiger charge is 2.23. The number of amides is 1. The Labute approximate surface area is 119 Å². The van der Waals surface area contributed by atoms with Crippen molar-refractivity contribution in [2.75, 3.05) is 0 Å². The van der Waals surface area contributed by atoms with E-state index in [1.54, 1.807) is 0 Å². The molecule has 0 saturated carbocycles. The molecule has 0 aromatic carbocycles. The molecule has 2 unspecified atom stereocenters. The molecular formula is C13H26N2O5. The molecule has 1 amide bonds. The first kappa shape index (κ1) is 20.7. The molecule has 0 spiro atoms. The van der Waals surface area contributed by atoms with Crippen LogP contribution in [0.4, 0.5) is 0 Å². The van der Waals surface area contributed by atoms with Crippen molar-refractivity contribution in [2.45, 2.75) is 59.0 Å². The van der Waals surface area contributed by atoms with Crippen LogP contribution < -0.4 is 11.1 Å². The SMILES string of the molecule is CC(=O)O.CCCC(N)C(=O)NC(CC(C)C)C(=O)O. The molecule has 0 aliphatic carbocycles. The predicted molar refractivity (Wildman–Crippen MR) is 75.2 cm³/mol. The lowest BCUT2D eigenvalue weighted by atomic mass is 10.0. The Bertz CT molecular complexity index is 314. The number of carbonyl (C=O) groups excluding carboxylic acids is 1. The number of rotatable bonds is 7. The summed E-state index contributed by atoms with van der Waals surface area (Å²) in [6, 6.07) is -1.45. The molecule has 0 rings (SSSR count). The van der Waals surface area contributed by atoms with E-state index in [-0.39, 0.29) is 11.8 Å². The predicted octanol–water partition coefficient (Wildman–Crippen LogP) is 0.820. The van der Waals surface area contributed by atoms with Crippen molar-refractivity contribution in [2.24, 2.45) is 11.7 Å². The van der Waals surface area contributed by atoms with Crippen LogP contribution in [0.15, 0.2) is 0 Å². The van der Waals surface area contributed by atoms with Crippen LogP contribution in [0.2, 0.25) is 0 Å². The Morgan fingerprint density at radius 3 is 1.95 bits per heavy atom. The van der Waals surface area contributed by atoms with Gasteiger partial charge in [-0.25, -0.2) is 4.79 Å². The zero-order chi connectivity index (χ0) is 16.3. The number of carbonyl (C=O) groups is 3. The zero-order valence-corrected chi connectivity index (χ0v) is 12.5. The molecule has 0 aliphatic rings. The van der Waals surface area contributed by atoms with E-state index in [0.29, 0.717) is 12.8 Å². The van der Waals surface area contributed by atoms with Crippen molar-refractivity contribution in [1.82, 2.24) is 5.32 Å². The highest BCUT2D eigenvalue weighted by Crippen LogP contribution is 2.05. The lowest BCUT2D eigenvalue weighted by Crippen LogP contribution is -2.48. The third-order valence-electron chi connectivity index (χ3n) is 2.26. The van der Waals surface area contributed by atoms with Crippen molar-refractivity contribution in [1.29, 1.82) is 0 Å². The summed E-state index contributed by atoms with van der Waals surface area (Å²) in [5.41, 5.74) is 5.60. The molecule has 0 aromatic rings. The average molecular weight is 290 g/mol. The Hall–Kier alpha value is -1.63. The summed E-state index contributed by atoms with van der Waals surface area (Å²) in [6.45, 7) is 6.83. The Balaban J connectivity index is 0. The van der Waals surface area contributed by atoms with Gasteiger partial charge in [-0.05, 0) is 18.8 Å². The molecule has 7 nitrogen and oxygen atoms in total. The minimum absolute atomic E-state index is 0.212. The van der Waals surface area contributed by atoms with E-state index in [0.717, 1.165) is 13.3 Å². The molecule has 2 atom stereocenters. The fourth-order valence-electron chi connectivity index (χ4n) is 1.41. The van der Waals surface area contributed by atoms with Gasteiger partial charge >= 0.3 is 5.97 Å². The smallest absolute Gasteiger partial charge is 0.326 e. The van der Waals surface area contributed by atoms with Crippen molar-refractivity contribution >= 4 is 17.8 Å². The highest BCUT2D eigenvalue weighted by molar-refractivity contribution is 5.86. The molecule has 0 fully saturated rings. The largest absolute Gasteiger partial charge is 0.481 e. The van der Waals surface area contributed by atoms with Gasteiger partial charge in [-0.3, -0.25) is 9.59 Å². The van der Waals surface area contributed by atoms with Gasteiger partial charge in [0.15, 0.2) is 0 Å². The van der Waals surface area contributed by atoms with Crippen molar-refractivity contribution in [3.63, 3.8) is 0 Å².